The highest BCUT2D eigenvalue weighted by atomic mass is 32.2. The summed E-state index contributed by atoms with van der Waals surface area (Å²) in [5, 5.41) is 2.81. The molecule has 0 atom stereocenters. The van der Waals surface area contributed by atoms with Crippen molar-refractivity contribution in [3.8, 4) is 12.3 Å². The molecule has 1 heterocycles. The Hall–Kier alpha value is -3.15. The third kappa shape index (κ3) is 4.57. The van der Waals surface area contributed by atoms with Gasteiger partial charge in [0.25, 0.3) is 5.91 Å². The number of sulfonamides is 1. The summed E-state index contributed by atoms with van der Waals surface area (Å²) in [5.41, 5.74) is 2.26. The Morgan fingerprint density at radius 3 is 2.82 bits per heavy atom. The van der Waals surface area contributed by atoms with Crippen LogP contribution in [0.1, 0.15) is 16.8 Å². The van der Waals surface area contributed by atoms with Crippen LogP contribution in [0.25, 0.3) is 11.0 Å². The van der Waals surface area contributed by atoms with Gasteiger partial charge < -0.3 is 9.88 Å². The lowest BCUT2D eigenvalue weighted by molar-refractivity contribution is 0.0952. The molecule has 0 saturated heterocycles. The number of aryl methyl sites for hydroxylation is 1. The zero-order valence-corrected chi connectivity index (χ0v) is 15.9. The van der Waals surface area contributed by atoms with Gasteiger partial charge in [0.2, 0.25) is 10.0 Å². The molecule has 1 amide bonds. The molecule has 0 spiro atoms. The van der Waals surface area contributed by atoms with Gasteiger partial charge in [0.15, 0.2) is 0 Å². The van der Waals surface area contributed by atoms with Crippen molar-refractivity contribution in [1.29, 1.82) is 0 Å². The fraction of sp³-hybridized carbons (Fsp3) is 0.200. The molecule has 2 N–H and O–H groups in total. The van der Waals surface area contributed by atoms with Crippen LogP contribution >= 0.6 is 0 Å². The standard InChI is InChI=1S/C20H20N4O3S/c1-2-11-23-28(26,27)17-8-5-7-16(14-17)20(25)21-12-6-13-24-15-22-18-9-3-4-10-19(18)24/h1,3-5,7-10,14-15,23H,6,11-13H2,(H,21,25). The number of aromatic nitrogens is 2. The van der Waals surface area contributed by atoms with Crippen molar-refractivity contribution in [2.45, 2.75) is 17.9 Å². The molecule has 0 radical (unpaired) electrons. The topological polar surface area (TPSA) is 93.1 Å². The van der Waals surface area contributed by atoms with Crippen LogP contribution in [0.3, 0.4) is 0 Å². The largest absolute Gasteiger partial charge is 0.352 e. The molecule has 0 fully saturated rings. The van der Waals surface area contributed by atoms with E-state index in [1.165, 1.54) is 18.2 Å². The van der Waals surface area contributed by atoms with Crippen LogP contribution in [0, 0.1) is 12.3 Å². The Bertz CT molecular complexity index is 1130. The summed E-state index contributed by atoms with van der Waals surface area (Å²) in [4.78, 5) is 16.7. The third-order valence-electron chi connectivity index (χ3n) is 4.16. The second kappa shape index (κ2) is 8.69. The van der Waals surface area contributed by atoms with E-state index >= 15 is 0 Å². The Morgan fingerprint density at radius 1 is 1.18 bits per heavy atom. The van der Waals surface area contributed by atoms with Crippen LogP contribution in [-0.4, -0.2) is 37.0 Å². The van der Waals surface area contributed by atoms with Crippen LogP contribution in [0.5, 0.6) is 0 Å². The van der Waals surface area contributed by atoms with Gasteiger partial charge >= 0.3 is 0 Å². The van der Waals surface area contributed by atoms with Gasteiger partial charge in [0.05, 0.1) is 28.8 Å². The molecule has 0 aliphatic rings. The number of rotatable bonds is 8. The SMILES string of the molecule is C#CCNS(=O)(=O)c1cccc(C(=O)NCCCn2cnc3ccccc32)c1. The van der Waals surface area contributed by atoms with E-state index in [1.807, 2.05) is 28.8 Å². The number of para-hydroxylation sites is 2. The van der Waals surface area contributed by atoms with Crippen molar-refractivity contribution in [2.24, 2.45) is 0 Å². The number of carbonyl (C=O) groups is 1. The van der Waals surface area contributed by atoms with E-state index in [2.05, 4.69) is 20.9 Å². The highest BCUT2D eigenvalue weighted by molar-refractivity contribution is 7.89. The summed E-state index contributed by atoms with van der Waals surface area (Å²) in [6.45, 7) is 1.06. The van der Waals surface area contributed by atoms with Crippen molar-refractivity contribution in [3.63, 3.8) is 0 Å². The van der Waals surface area contributed by atoms with Gasteiger partial charge in [0, 0.05) is 18.7 Å². The Labute approximate surface area is 163 Å². The normalized spacial score (nSPS) is 11.2. The van der Waals surface area contributed by atoms with Gasteiger partial charge in [0.1, 0.15) is 0 Å². The minimum atomic E-state index is -3.74. The summed E-state index contributed by atoms with van der Waals surface area (Å²) >= 11 is 0. The Morgan fingerprint density at radius 2 is 2.00 bits per heavy atom. The molecule has 0 aliphatic heterocycles. The number of hydrogen-bond acceptors (Lipinski definition) is 4. The number of fused-ring (bicyclic) bond motifs is 1. The first kappa shape index (κ1) is 19.6. The number of benzene rings is 2. The van der Waals surface area contributed by atoms with Crippen LogP contribution in [-0.2, 0) is 16.6 Å². The number of nitrogens with zero attached hydrogens (tertiary/aromatic N) is 2. The molecule has 3 rings (SSSR count). The van der Waals surface area contributed by atoms with Crippen molar-refractivity contribution in [1.82, 2.24) is 19.6 Å². The number of nitrogens with one attached hydrogen (secondary N) is 2. The number of hydrogen-bond donors (Lipinski definition) is 2. The monoisotopic (exact) mass is 396 g/mol. The maximum Gasteiger partial charge on any atom is 0.251 e. The van der Waals surface area contributed by atoms with Gasteiger partial charge in [-0.1, -0.05) is 24.1 Å². The van der Waals surface area contributed by atoms with Gasteiger partial charge in [-0.3, -0.25) is 4.79 Å². The van der Waals surface area contributed by atoms with E-state index < -0.39 is 10.0 Å². The highest BCUT2D eigenvalue weighted by Crippen LogP contribution is 2.13. The molecular formula is C20H20N4O3S. The summed E-state index contributed by atoms with van der Waals surface area (Å²) < 4.78 is 28.5. The van der Waals surface area contributed by atoms with Gasteiger partial charge in [-0.2, -0.15) is 4.72 Å². The van der Waals surface area contributed by atoms with E-state index in [1.54, 1.807) is 12.4 Å². The lowest BCUT2D eigenvalue weighted by Gasteiger charge is -2.09. The van der Waals surface area contributed by atoms with E-state index in [0.29, 0.717) is 19.5 Å². The first-order valence-electron chi connectivity index (χ1n) is 8.72. The summed E-state index contributed by atoms with van der Waals surface area (Å²) in [5.74, 6) is 1.88. The van der Waals surface area contributed by atoms with E-state index in [4.69, 9.17) is 6.42 Å². The molecule has 144 valence electrons. The molecule has 1 aromatic heterocycles. The van der Waals surface area contributed by atoms with Crippen LogP contribution < -0.4 is 10.0 Å². The van der Waals surface area contributed by atoms with E-state index in [-0.39, 0.29) is 22.9 Å². The molecule has 2 aromatic carbocycles. The first-order chi connectivity index (χ1) is 13.5. The average Bonchev–Trinajstić information content (AvgIpc) is 3.13. The molecule has 0 bridgehead atoms. The zero-order valence-electron chi connectivity index (χ0n) is 15.1. The zero-order chi connectivity index (χ0) is 20.0. The lowest BCUT2D eigenvalue weighted by atomic mass is 10.2. The molecule has 0 unspecified atom stereocenters. The van der Waals surface area contributed by atoms with Gasteiger partial charge in [-0.25, -0.2) is 13.4 Å². The second-order valence-corrected chi connectivity index (χ2v) is 7.86. The maximum absolute atomic E-state index is 12.3. The number of terminal acetylenes is 1. The van der Waals surface area contributed by atoms with Crippen molar-refractivity contribution >= 4 is 27.0 Å². The molecule has 7 nitrogen and oxygen atoms in total. The van der Waals surface area contributed by atoms with Crippen LogP contribution in [0.15, 0.2) is 59.8 Å². The second-order valence-electron chi connectivity index (χ2n) is 6.09. The van der Waals surface area contributed by atoms with Crippen molar-refractivity contribution in [2.75, 3.05) is 13.1 Å². The Balaban J connectivity index is 1.56. The minimum absolute atomic E-state index is 0.000264. The predicted octanol–water partition coefficient (Wildman–Crippen LogP) is 1.77. The lowest BCUT2D eigenvalue weighted by Crippen LogP contribution is -2.27. The fourth-order valence-electron chi connectivity index (χ4n) is 2.77. The number of carbonyl (C=O) groups excluding carboxylic acids is 1. The number of amides is 1. The van der Waals surface area contributed by atoms with E-state index in [9.17, 15) is 13.2 Å². The average molecular weight is 396 g/mol. The molecular weight excluding hydrogens is 376 g/mol. The highest BCUT2D eigenvalue weighted by Gasteiger charge is 2.15. The predicted molar refractivity (Wildman–Crippen MR) is 107 cm³/mol. The molecule has 8 heteroatoms. The quantitative estimate of drug-likeness (QED) is 0.448. The maximum atomic E-state index is 12.3. The molecule has 0 aliphatic carbocycles. The number of imidazole rings is 1. The molecule has 28 heavy (non-hydrogen) atoms. The third-order valence-corrected chi connectivity index (χ3v) is 5.56. The minimum Gasteiger partial charge on any atom is -0.352 e. The van der Waals surface area contributed by atoms with Crippen LogP contribution in [0.4, 0.5) is 0 Å². The summed E-state index contributed by atoms with van der Waals surface area (Å²) in [7, 11) is -3.74. The summed E-state index contributed by atoms with van der Waals surface area (Å²) in [6.07, 6.45) is 7.58. The van der Waals surface area contributed by atoms with Crippen LogP contribution in [0.2, 0.25) is 0 Å². The summed E-state index contributed by atoms with van der Waals surface area (Å²) in [6, 6.07) is 13.7. The smallest absolute Gasteiger partial charge is 0.251 e. The Kier molecular flexibility index (Phi) is 6.09. The molecule has 3 aromatic rings. The van der Waals surface area contributed by atoms with Crippen molar-refractivity contribution < 1.29 is 13.2 Å². The van der Waals surface area contributed by atoms with Gasteiger partial charge in [-0.15, -0.1) is 6.42 Å². The van der Waals surface area contributed by atoms with Crippen molar-refractivity contribution in [3.05, 3.63) is 60.4 Å². The fourth-order valence-corrected chi connectivity index (χ4v) is 3.75. The van der Waals surface area contributed by atoms with E-state index in [0.717, 1.165) is 11.0 Å². The first-order valence-corrected chi connectivity index (χ1v) is 10.2. The van der Waals surface area contributed by atoms with Gasteiger partial charge in [-0.05, 0) is 36.8 Å². The molecule has 0 saturated carbocycles.